The summed E-state index contributed by atoms with van der Waals surface area (Å²) in [6, 6.07) is 0. The third-order valence-electron chi connectivity index (χ3n) is 0. The third kappa shape index (κ3) is 834. The average molecular weight is 158 g/mol. The van der Waals surface area contributed by atoms with Crippen molar-refractivity contribution in [3.05, 3.63) is 0 Å². The Morgan fingerprint density at radius 2 is 0.500 bits per heavy atom. The van der Waals surface area contributed by atoms with E-state index in [1.165, 1.54) is 0 Å². The quantitative estimate of drug-likeness (QED) is 0.356. The molecule has 0 radical (unpaired) electrons. The van der Waals surface area contributed by atoms with Crippen LogP contribution in [0.15, 0.2) is 0 Å². The number of hydrogen-bond acceptors (Lipinski definition) is 2. The molecule has 60 valence electrons. The van der Waals surface area contributed by atoms with E-state index in [9.17, 15) is 0 Å². The highest BCUT2D eigenvalue weighted by molar-refractivity contribution is 5.76. The molecule has 0 spiro atoms. The van der Waals surface area contributed by atoms with Gasteiger partial charge in [0.05, 0.1) is 16.8 Å². The largest absolute Gasteiger partial charge is 0.344 e. The molecule has 0 aliphatic carbocycles. The van der Waals surface area contributed by atoms with Crippen molar-refractivity contribution >= 4 is 38.8 Å². The second-order valence-corrected chi connectivity index (χ2v) is 0. The Kier molecular flexibility index (Phi) is 342000. The number of hydrogen-bond donors (Lipinski definition) is 2. The van der Waals surface area contributed by atoms with Crippen LogP contribution in [0.3, 0.4) is 0 Å². The first-order valence-corrected chi connectivity index (χ1v) is 0. The Labute approximate surface area is 66.6 Å². The molecule has 0 rings (SSSR count). The highest BCUT2D eigenvalue weighted by atomic mass is 28.1. The van der Waals surface area contributed by atoms with Gasteiger partial charge in [0.1, 0.15) is 0 Å². The Bertz CT molecular complexity index is 16.0. The molecular weight excluding hydrogens is 130 g/mol. The predicted octanol–water partition coefficient (Wildman–Crippen LogP) is -3.67. The van der Waals surface area contributed by atoms with Crippen molar-refractivity contribution in [2.24, 2.45) is 0 Å². The molecule has 0 atom stereocenters. The zero-order chi connectivity index (χ0) is 0. The summed E-state index contributed by atoms with van der Waals surface area (Å²) in [6.07, 6.45) is 0. The van der Waals surface area contributed by atoms with Crippen LogP contribution in [-0.4, -0.2) is 38.8 Å². The third-order valence-corrected chi connectivity index (χ3v) is 0. The van der Waals surface area contributed by atoms with Gasteiger partial charge in [-0.25, -0.2) is 0 Å². The van der Waals surface area contributed by atoms with Crippen molar-refractivity contribution in [1.29, 1.82) is 0 Å². The lowest BCUT2D eigenvalue weighted by Gasteiger charge is -0.345. The smallest absolute Gasteiger partial charge is 0.0814 e. The van der Waals surface area contributed by atoms with Crippen molar-refractivity contribution in [2.75, 3.05) is 0 Å². The van der Waals surface area contributed by atoms with Crippen LogP contribution in [0.1, 0.15) is 14.9 Å². The summed E-state index contributed by atoms with van der Waals surface area (Å²) >= 11 is 0. The molecule has 8 heavy (non-hydrogen) atoms. The van der Waals surface area contributed by atoms with Crippen LogP contribution in [0.2, 0.25) is 0 Å². The summed E-state index contributed by atoms with van der Waals surface area (Å²) in [5.41, 5.74) is 0. The van der Waals surface area contributed by atoms with E-state index in [4.69, 9.17) is 0 Å². The van der Waals surface area contributed by atoms with E-state index in [1.807, 2.05) is 0 Å². The minimum absolute atomic E-state index is 0. The Hall–Kier alpha value is 0.484. The molecule has 2 nitrogen and oxygen atoms in total. The second kappa shape index (κ2) is 1340. The summed E-state index contributed by atoms with van der Waals surface area (Å²) in [5.74, 6) is 0. The first-order chi connectivity index (χ1) is 0. The number of rotatable bonds is 0. The predicted molar refractivity (Wildman–Crippen MR) is 66.1 cm³/mol. The van der Waals surface area contributed by atoms with E-state index in [0.29, 0.717) is 0 Å². The Morgan fingerprint density at radius 1 is 0.500 bits per heavy atom. The summed E-state index contributed by atoms with van der Waals surface area (Å²) in [4.78, 5) is 0. The lowest BCUT2D eigenvalue weighted by molar-refractivity contribution is 2.13. The molecule has 0 fully saturated rings. The van der Waals surface area contributed by atoms with Crippen LogP contribution >= 0.6 is 0 Å². The van der Waals surface area contributed by atoms with Gasteiger partial charge in [0.2, 0.25) is 0 Å². The molecule has 0 bridgehead atoms. The van der Waals surface area contributed by atoms with Gasteiger partial charge in [-0.2, -0.15) is 0 Å². The lowest BCUT2D eigenvalue weighted by Crippen LogP contribution is -0.482. The Balaban J connectivity index is 0. The summed E-state index contributed by atoms with van der Waals surface area (Å²) in [7, 11) is 0. The van der Waals surface area contributed by atoms with E-state index in [1.54, 1.807) is 0 Å². The Morgan fingerprint density at radius 3 is 0.500 bits per heavy atom. The molecule has 0 saturated heterocycles. The van der Waals surface area contributed by atoms with Crippen molar-refractivity contribution < 1.29 is 0 Å². The van der Waals surface area contributed by atoms with Crippen molar-refractivity contribution in [3.8, 4) is 0 Å². The van der Waals surface area contributed by atoms with Crippen molar-refractivity contribution in [3.63, 3.8) is 0 Å². The molecule has 0 amide bonds. The van der Waals surface area contributed by atoms with Gasteiger partial charge >= 0.3 is 0 Å². The van der Waals surface area contributed by atoms with Gasteiger partial charge in [0, 0.05) is 0 Å². The van der Waals surface area contributed by atoms with Crippen LogP contribution in [0.5, 0.6) is 0 Å². The molecule has 0 aliphatic rings. The maximum atomic E-state index is 0. The zero-order valence-electron chi connectivity index (χ0n) is 1.41. The molecule has 0 heterocycles. The summed E-state index contributed by atoms with van der Waals surface area (Å²) < 4.78 is 0. The lowest BCUT2D eigenvalue weighted by atomic mass is 10.8. The van der Waals surface area contributed by atoms with Crippen LogP contribution in [0.4, 0.5) is 0 Å². The van der Waals surface area contributed by atoms with E-state index in [-0.39, 0.29) is 65.9 Å². The average Bonchev–Trinajstić information content (AvgIpc) is 0. The first-order valence-electron chi connectivity index (χ1n) is 0. The highest BCUT2D eigenvalue weighted by Gasteiger charge is 0.0825. The SMILES string of the molecule is B.B.C.C.N.N.[SiH4].[SiH4]. The van der Waals surface area contributed by atoms with Crippen LogP contribution < -0.4 is 12.3 Å². The molecule has 0 aromatic heterocycles. The fourth-order valence-corrected chi connectivity index (χ4v) is 0. The fraction of sp³-hybridized carbons (Fsp3) is 1.00. The molecule has 0 aromatic carbocycles. The van der Waals surface area contributed by atoms with Gasteiger partial charge in [0.25, 0.3) is 0 Å². The van der Waals surface area contributed by atoms with E-state index in [0.717, 1.165) is 0 Å². The van der Waals surface area contributed by atoms with E-state index < -0.39 is 0 Å². The fourth-order valence-electron chi connectivity index (χ4n) is 0. The second-order valence-electron chi connectivity index (χ2n) is 0. The molecule has 6 heteroatoms. The zero-order valence-corrected chi connectivity index (χ0v) is 1.41. The highest BCUT2D eigenvalue weighted by Crippen LogP contribution is 0.145. The minimum Gasteiger partial charge on any atom is -0.344 e. The maximum absolute atomic E-state index is 0. The standard InChI is InChI=1S/2CH4.2BH3.2H3N.2H4Si/h2*1H4;4*1H3;2*1H4. The topological polar surface area (TPSA) is 70.0 Å². The van der Waals surface area contributed by atoms with Gasteiger partial charge in [0.15, 0.2) is 0 Å². The van der Waals surface area contributed by atoms with Gasteiger partial charge in [-0.3, -0.25) is 0 Å². The monoisotopic (exact) mass is 158 g/mol. The van der Waals surface area contributed by atoms with Gasteiger partial charge < -0.3 is 12.3 Å². The van der Waals surface area contributed by atoms with Crippen LogP contribution in [0, 0.1) is 0 Å². The summed E-state index contributed by atoms with van der Waals surface area (Å²) in [6.45, 7) is 0. The summed E-state index contributed by atoms with van der Waals surface area (Å²) in [5, 5.41) is 0. The molecule has 0 aromatic rings. The molecule has 6 N–H and O–H groups in total. The van der Waals surface area contributed by atoms with Gasteiger partial charge in [-0.1, -0.05) is 14.9 Å². The minimum atomic E-state index is 0. The first kappa shape index (κ1) is 2030. The molecule has 0 saturated carbocycles. The van der Waals surface area contributed by atoms with Gasteiger partial charge in [-0.05, 0) is 21.9 Å². The van der Waals surface area contributed by atoms with Crippen molar-refractivity contribution in [1.82, 2.24) is 12.3 Å². The van der Waals surface area contributed by atoms with E-state index in [2.05, 4.69) is 0 Å². The molecule has 0 unspecified atom stereocenters. The van der Waals surface area contributed by atoms with Crippen LogP contribution in [-0.2, 0) is 0 Å². The molecule has 0 aliphatic heterocycles. The van der Waals surface area contributed by atoms with Crippen molar-refractivity contribution in [2.45, 2.75) is 14.9 Å². The maximum Gasteiger partial charge on any atom is 0.0814 e. The molecular formula is C2H28B2N2Si2. The normalized spacial score (nSPS) is 0. The van der Waals surface area contributed by atoms with Gasteiger partial charge in [-0.15, -0.1) is 0 Å². The van der Waals surface area contributed by atoms with Crippen LogP contribution in [0.25, 0.3) is 0 Å². The van der Waals surface area contributed by atoms with E-state index >= 15 is 0 Å².